The minimum absolute atomic E-state index is 0.0555. The van der Waals surface area contributed by atoms with Crippen molar-refractivity contribution in [2.45, 2.75) is 25.1 Å². The lowest BCUT2D eigenvalue weighted by Crippen LogP contribution is -2.32. The van der Waals surface area contributed by atoms with Crippen molar-refractivity contribution in [3.8, 4) is 0 Å². The lowest BCUT2D eigenvalue weighted by molar-refractivity contribution is 0.0919. The van der Waals surface area contributed by atoms with E-state index in [0.717, 1.165) is 37.6 Å². The third-order valence-corrected chi connectivity index (χ3v) is 4.64. The summed E-state index contributed by atoms with van der Waals surface area (Å²) in [6, 6.07) is 6.49. The zero-order valence-electron chi connectivity index (χ0n) is 15.2. The van der Waals surface area contributed by atoms with E-state index in [9.17, 15) is 0 Å². The first-order valence-corrected chi connectivity index (χ1v) is 8.67. The number of nitrogens with one attached hydrogen (secondary N) is 1. The molecular weight excluding hydrogens is 318 g/mol. The van der Waals surface area contributed by atoms with Gasteiger partial charge in [0.2, 0.25) is 0 Å². The summed E-state index contributed by atoms with van der Waals surface area (Å²) in [6.45, 7) is 3.07. The molecule has 3 rings (SSSR count). The summed E-state index contributed by atoms with van der Waals surface area (Å²) in [4.78, 5) is 6.63. The lowest BCUT2D eigenvalue weighted by Gasteiger charge is -2.21. The molecular formula is C18H27N5O2. The van der Waals surface area contributed by atoms with Crippen molar-refractivity contribution in [2.75, 3.05) is 38.8 Å². The standard InChI is InChI=1S/C18H27N5O2/c1-22(9-11-24-3)17-5-4-14(13-20-17)12-19-15-7-10-25-18(15)16-6-8-21-23(16)2/h4-6,8,13,15,18-19H,7,9-12H2,1-3H3/t15-,18-/m0/s1. The van der Waals surface area contributed by atoms with Crippen molar-refractivity contribution in [1.82, 2.24) is 20.1 Å². The summed E-state index contributed by atoms with van der Waals surface area (Å²) in [5.74, 6) is 0.956. The highest BCUT2D eigenvalue weighted by Crippen LogP contribution is 2.28. The maximum absolute atomic E-state index is 5.91. The Morgan fingerprint density at radius 3 is 2.96 bits per heavy atom. The predicted octanol–water partition coefficient (Wildman–Crippen LogP) is 1.52. The van der Waals surface area contributed by atoms with Crippen LogP contribution in [0.4, 0.5) is 5.82 Å². The number of pyridine rings is 1. The quantitative estimate of drug-likeness (QED) is 0.783. The minimum atomic E-state index is 0.0555. The Balaban J connectivity index is 1.55. The number of likely N-dealkylation sites (N-methyl/N-ethyl adjacent to an activating group) is 1. The molecule has 1 fully saturated rings. The number of aryl methyl sites for hydroxylation is 1. The second kappa shape index (κ2) is 8.42. The van der Waals surface area contributed by atoms with E-state index in [0.29, 0.717) is 12.6 Å². The van der Waals surface area contributed by atoms with Crippen molar-refractivity contribution in [1.29, 1.82) is 0 Å². The largest absolute Gasteiger partial charge is 0.383 e. The normalized spacial score (nSPS) is 20.1. The molecule has 1 saturated heterocycles. The topological polar surface area (TPSA) is 64.4 Å². The van der Waals surface area contributed by atoms with E-state index in [1.54, 1.807) is 7.11 Å². The average Bonchev–Trinajstić information content (AvgIpc) is 3.26. The maximum atomic E-state index is 5.91. The van der Waals surface area contributed by atoms with Crippen LogP contribution in [0.3, 0.4) is 0 Å². The van der Waals surface area contributed by atoms with Gasteiger partial charge >= 0.3 is 0 Å². The van der Waals surface area contributed by atoms with Crippen molar-refractivity contribution in [3.05, 3.63) is 41.9 Å². The molecule has 0 radical (unpaired) electrons. The summed E-state index contributed by atoms with van der Waals surface area (Å²) in [5, 5.41) is 7.85. The SMILES string of the molecule is COCCN(C)c1ccc(CN[C@H]2CCO[C@@H]2c2ccnn2C)cn1. The van der Waals surface area contributed by atoms with Crippen LogP contribution in [-0.4, -0.2) is 54.7 Å². The van der Waals surface area contributed by atoms with Crippen LogP contribution in [0.15, 0.2) is 30.6 Å². The van der Waals surface area contributed by atoms with Gasteiger partial charge in [-0.05, 0) is 24.1 Å². The monoisotopic (exact) mass is 345 g/mol. The average molecular weight is 345 g/mol. The number of hydrogen-bond donors (Lipinski definition) is 1. The third-order valence-electron chi connectivity index (χ3n) is 4.64. The Labute approximate surface area is 148 Å². The summed E-state index contributed by atoms with van der Waals surface area (Å²) < 4.78 is 12.9. The first kappa shape index (κ1) is 17.8. The van der Waals surface area contributed by atoms with Gasteiger partial charge in [0.05, 0.1) is 12.3 Å². The molecule has 25 heavy (non-hydrogen) atoms. The predicted molar refractivity (Wildman–Crippen MR) is 96.5 cm³/mol. The molecule has 2 aromatic rings. The van der Waals surface area contributed by atoms with Crippen LogP contribution in [0.2, 0.25) is 0 Å². The number of hydrogen-bond acceptors (Lipinski definition) is 6. The van der Waals surface area contributed by atoms with E-state index in [2.05, 4.69) is 32.4 Å². The fourth-order valence-electron chi connectivity index (χ4n) is 3.09. The Hall–Kier alpha value is -1.96. The molecule has 0 aliphatic carbocycles. The maximum Gasteiger partial charge on any atom is 0.128 e. The molecule has 0 aromatic carbocycles. The molecule has 1 N–H and O–H groups in total. The highest BCUT2D eigenvalue weighted by molar-refractivity contribution is 5.38. The van der Waals surface area contributed by atoms with Gasteiger partial charge in [0.15, 0.2) is 0 Å². The smallest absolute Gasteiger partial charge is 0.128 e. The number of nitrogens with zero attached hydrogens (tertiary/aromatic N) is 4. The fourth-order valence-corrected chi connectivity index (χ4v) is 3.09. The Morgan fingerprint density at radius 2 is 2.28 bits per heavy atom. The van der Waals surface area contributed by atoms with E-state index in [1.807, 2.05) is 37.2 Å². The first-order valence-electron chi connectivity index (χ1n) is 8.67. The molecule has 136 valence electrons. The van der Waals surface area contributed by atoms with Crippen molar-refractivity contribution in [2.24, 2.45) is 7.05 Å². The molecule has 1 aliphatic rings. The molecule has 3 heterocycles. The summed E-state index contributed by atoms with van der Waals surface area (Å²) >= 11 is 0. The third kappa shape index (κ3) is 4.36. The number of anilines is 1. The minimum Gasteiger partial charge on any atom is -0.383 e. The summed E-state index contributed by atoms with van der Waals surface area (Å²) in [6.07, 6.45) is 4.80. The fraction of sp³-hybridized carbons (Fsp3) is 0.556. The van der Waals surface area contributed by atoms with Gasteiger partial charge in [-0.1, -0.05) is 6.07 Å². The van der Waals surface area contributed by atoms with Gasteiger partial charge in [0.25, 0.3) is 0 Å². The summed E-state index contributed by atoms with van der Waals surface area (Å²) in [5.41, 5.74) is 2.28. The van der Waals surface area contributed by atoms with E-state index in [4.69, 9.17) is 9.47 Å². The second-order valence-corrected chi connectivity index (χ2v) is 6.39. The molecule has 2 aromatic heterocycles. The van der Waals surface area contributed by atoms with Gasteiger partial charge in [-0.2, -0.15) is 5.10 Å². The van der Waals surface area contributed by atoms with Crippen LogP contribution in [0, 0.1) is 0 Å². The Bertz CT molecular complexity index is 658. The van der Waals surface area contributed by atoms with E-state index >= 15 is 0 Å². The van der Waals surface area contributed by atoms with Gasteiger partial charge in [-0.25, -0.2) is 4.98 Å². The highest BCUT2D eigenvalue weighted by Gasteiger charge is 2.31. The van der Waals surface area contributed by atoms with Crippen LogP contribution >= 0.6 is 0 Å². The number of rotatable bonds is 8. The Kier molecular flexibility index (Phi) is 6.01. The van der Waals surface area contributed by atoms with Crippen molar-refractivity contribution >= 4 is 5.82 Å². The lowest BCUT2D eigenvalue weighted by atomic mass is 10.1. The van der Waals surface area contributed by atoms with Crippen LogP contribution in [0.5, 0.6) is 0 Å². The van der Waals surface area contributed by atoms with Crippen molar-refractivity contribution in [3.63, 3.8) is 0 Å². The van der Waals surface area contributed by atoms with Gasteiger partial charge in [0, 0.05) is 59.3 Å². The number of methoxy groups -OCH3 is 1. The van der Waals surface area contributed by atoms with Crippen LogP contribution in [0.1, 0.15) is 23.8 Å². The van der Waals surface area contributed by atoms with Crippen LogP contribution in [-0.2, 0) is 23.1 Å². The Morgan fingerprint density at radius 1 is 1.40 bits per heavy atom. The second-order valence-electron chi connectivity index (χ2n) is 6.39. The van der Waals surface area contributed by atoms with E-state index < -0.39 is 0 Å². The zero-order valence-corrected chi connectivity index (χ0v) is 15.2. The van der Waals surface area contributed by atoms with E-state index in [-0.39, 0.29) is 6.10 Å². The molecule has 1 aliphatic heterocycles. The summed E-state index contributed by atoms with van der Waals surface area (Å²) in [7, 11) is 5.69. The molecule has 0 spiro atoms. The van der Waals surface area contributed by atoms with Crippen LogP contribution < -0.4 is 10.2 Å². The van der Waals surface area contributed by atoms with Gasteiger partial charge < -0.3 is 19.7 Å². The molecule has 0 amide bonds. The molecule has 2 atom stereocenters. The molecule has 0 bridgehead atoms. The van der Waals surface area contributed by atoms with Crippen molar-refractivity contribution < 1.29 is 9.47 Å². The van der Waals surface area contributed by atoms with E-state index in [1.165, 1.54) is 5.56 Å². The van der Waals surface area contributed by atoms with Crippen LogP contribution in [0.25, 0.3) is 0 Å². The van der Waals surface area contributed by atoms with Gasteiger partial charge in [-0.15, -0.1) is 0 Å². The highest BCUT2D eigenvalue weighted by atomic mass is 16.5. The number of aromatic nitrogens is 3. The van der Waals surface area contributed by atoms with Gasteiger partial charge in [-0.3, -0.25) is 4.68 Å². The number of ether oxygens (including phenoxy) is 2. The first-order chi connectivity index (χ1) is 12.2. The molecule has 7 nitrogen and oxygen atoms in total. The van der Waals surface area contributed by atoms with Gasteiger partial charge in [0.1, 0.15) is 11.9 Å². The zero-order chi connectivity index (χ0) is 17.6. The molecule has 0 unspecified atom stereocenters. The molecule has 0 saturated carbocycles. The molecule has 7 heteroatoms.